The largest absolute Gasteiger partial charge is 0.498 e. The Kier molecular flexibility index (Phi) is 4.36. The normalized spacial score (nSPS) is 18.6. The first-order valence-corrected chi connectivity index (χ1v) is 7.96. The van der Waals surface area contributed by atoms with Crippen LogP contribution < -0.4 is 10.2 Å². The molecule has 2 aromatic rings. The van der Waals surface area contributed by atoms with Crippen LogP contribution >= 0.6 is 0 Å². The van der Waals surface area contributed by atoms with Gasteiger partial charge in [0, 0.05) is 11.7 Å². The van der Waals surface area contributed by atoms with Crippen LogP contribution in [-0.4, -0.2) is 23.3 Å². The van der Waals surface area contributed by atoms with Gasteiger partial charge in [-0.2, -0.15) is 0 Å². The van der Waals surface area contributed by atoms with Gasteiger partial charge in [0.2, 0.25) is 0 Å². The summed E-state index contributed by atoms with van der Waals surface area (Å²) in [6.45, 7) is 8.13. The second kappa shape index (κ2) is 6.18. The fourth-order valence-electron chi connectivity index (χ4n) is 2.44. The second-order valence-electron chi connectivity index (χ2n) is 6.88. The summed E-state index contributed by atoms with van der Waals surface area (Å²) in [4.78, 5) is 4.22. The quantitative estimate of drug-likeness (QED) is 0.808. The maximum absolute atomic E-state index is 13.8. The van der Waals surface area contributed by atoms with Gasteiger partial charge in [0.25, 0.3) is 0 Å². The van der Waals surface area contributed by atoms with Gasteiger partial charge < -0.3 is 14.0 Å². The fraction of sp³-hybridized carbons (Fsp3) is 0.389. The standard InChI is InChI=1S/C18H21BFNO3/c1-17(2)18(3,4)24-19(23-17)15-11-13(20)8-9-16(15)22-12-14-7-5-6-10-21-14/h5-11H,12H2,1-4H3. The van der Waals surface area contributed by atoms with Gasteiger partial charge in [0.05, 0.1) is 16.9 Å². The van der Waals surface area contributed by atoms with Crippen molar-refractivity contribution in [1.29, 1.82) is 0 Å². The Morgan fingerprint density at radius 1 is 1.08 bits per heavy atom. The van der Waals surface area contributed by atoms with Gasteiger partial charge >= 0.3 is 7.12 Å². The number of aromatic nitrogens is 1. The Balaban J connectivity index is 1.84. The molecular formula is C18H21BFNO3. The number of nitrogens with zero attached hydrogens (tertiary/aromatic N) is 1. The molecule has 0 radical (unpaired) electrons. The molecule has 1 saturated heterocycles. The number of hydrogen-bond donors (Lipinski definition) is 0. The first kappa shape index (κ1) is 16.9. The minimum Gasteiger partial charge on any atom is -0.488 e. The summed E-state index contributed by atoms with van der Waals surface area (Å²) in [6.07, 6.45) is 1.71. The van der Waals surface area contributed by atoms with Crippen molar-refractivity contribution in [2.45, 2.75) is 45.5 Å². The molecule has 0 amide bonds. The molecule has 0 saturated carbocycles. The van der Waals surface area contributed by atoms with Gasteiger partial charge in [0.15, 0.2) is 0 Å². The molecule has 1 aromatic heterocycles. The summed E-state index contributed by atoms with van der Waals surface area (Å²) in [6, 6.07) is 9.97. The summed E-state index contributed by atoms with van der Waals surface area (Å²) >= 11 is 0. The first-order chi connectivity index (χ1) is 11.3. The van der Waals surface area contributed by atoms with Crippen LogP contribution in [0.4, 0.5) is 4.39 Å². The maximum Gasteiger partial charge on any atom is 0.498 e. The molecule has 1 aliphatic rings. The van der Waals surface area contributed by atoms with Crippen LogP contribution in [0.15, 0.2) is 42.6 Å². The van der Waals surface area contributed by atoms with E-state index >= 15 is 0 Å². The van der Waals surface area contributed by atoms with E-state index in [1.54, 1.807) is 12.3 Å². The average molecular weight is 329 g/mol. The lowest BCUT2D eigenvalue weighted by Crippen LogP contribution is -2.41. The monoisotopic (exact) mass is 329 g/mol. The van der Waals surface area contributed by atoms with Crippen LogP contribution in [0.3, 0.4) is 0 Å². The summed E-state index contributed by atoms with van der Waals surface area (Å²) in [5.41, 5.74) is 0.344. The van der Waals surface area contributed by atoms with E-state index in [4.69, 9.17) is 14.0 Å². The Labute approximate surface area is 142 Å². The van der Waals surface area contributed by atoms with Crippen LogP contribution in [0.25, 0.3) is 0 Å². The van der Waals surface area contributed by atoms with E-state index in [1.165, 1.54) is 12.1 Å². The minimum absolute atomic E-state index is 0.291. The smallest absolute Gasteiger partial charge is 0.488 e. The number of ether oxygens (including phenoxy) is 1. The lowest BCUT2D eigenvalue weighted by atomic mass is 9.78. The van der Waals surface area contributed by atoms with E-state index in [0.29, 0.717) is 17.8 Å². The minimum atomic E-state index is -0.676. The first-order valence-electron chi connectivity index (χ1n) is 7.96. The predicted octanol–water partition coefficient (Wildman–Crippen LogP) is 3.10. The van der Waals surface area contributed by atoms with Crippen LogP contribution in [-0.2, 0) is 15.9 Å². The highest BCUT2D eigenvalue weighted by Gasteiger charge is 2.52. The lowest BCUT2D eigenvalue weighted by Gasteiger charge is -2.32. The van der Waals surface area contributed by atoms with Gasteiger partial charge in [-0.05, 0) is 58.0 Å². The molecule has 3 rings (SSSR count). The maximum atomic E-state index is 13.8. The van der Waals surface area contributed by atoms with Gasteiger partial charge in [0.1, 0.15) is 18.2 Å². The number of rotatable bonds is 4. The van der Waals surface area contributed by atoms with E-state index in [-0.39, 0.29) is 5.82 Å². The molecular weight excluding hydrogens is 308 g/mol. The molecule has 1 fully saturated rings. The number of pyridine rings is 1. The molecule has 0 aliphatic carbocycles. The third-order valence-electron chi connectivity index (χ3n) is 4.58. The zero-order valence-electron chi connectivity index (χ0n) is 14.4. The second-order valence-corrected chi connectivity index (χ2v) is 6.88. The highest BCUT2D eigenvalue weighted by molar-refractivity contribution is 6.63. The Bertz CT molecular complexity index is 705. The van der Waals surface area contributed by atoms with Crippen LogP contribution in [0.2, 0.25) is 0 Å². The van der Waals surface area contributed by atoms with Crippen molar-refractivity contribution in [3.63, 3.8) is 0 Å². The van der Waals surface area contributed by atoms with Crippen LogP contribution in [0, 0.1) is 5.82 Å². The molecule has 0 atom stereocenters. The molecule has 0 spiro atoms. The Hall–Kier alpha value is -1.92. The molecule has 0 bridgehead atoms. The third-order valence-corrected chi connectivity index (χ3v) is 4.58. The zero-order valence-corrected chi connectivity index (χ0v) is 14.4. The van der Waals surface area contributed by atoms with Crippen molar-refractivity contribution in [1.82, 2.24) is 4.98 Å². The average Bonchev–Trinajstić information content (AvgIpc) is 2.75. The zero-order chi connectivity index (χ0) is 17.4. The predicted molar refractivity (Wildman–Crippen MR) is 90.7 cm³/mol. The number of halogens is 1. The van der Waals surface area contributed by atoms with Crippen molar-refractivity contribution < 1.29 is 18.4 Å². The van der Waals surface area contributed by atoms with Gasteiger partial charge in [-0.15, -0.1) is 0 Å². The fourth-order valence-corrected chi connectivity index (χ4v) is 2.44. The highest BCUT2D eigenvalue weighted by atomic mass is 19.1. The Morgan fingerprint density at radius 3 is 2.42 bits per heavy atom. The topological polar surface area (TPSA) is 40.6 Å². The molecule has 1 aromatic carbocycles. The Morgan fingerprint density at radius 2 is 1.79 bits per heavy atom. The number of hydrogen-bond acceptors (Lipinski definition) is 4. The van der Waals surface area contributed by atoms with E-state index in [1.807, 2.05) is 45.9 Å². The van der Waals surface area contributed by atoms with Crippen molar-refractivity contribution >= 4 is 12.6 Å². The van der Waals surface area contributed by atoms with Crippen molar-refractivity contribution in [2.75, 3.05) is 0 Å². The summed E-state index contributed by atoms with van der Waals surface area (Å²) < 4.78 is 31.6. The summed E-state index contributed by atoms with van der Waals surface area (Å²) in [5.74, 6) is 0.172. The highest BCUT2D eigenvalue weighted by Crippen LogP contribution is 2.37. The summed E-state index contributed by atoms with van der Waals surface area (Å²) in [7, 11) is -0.676. The van der Waals surface area contributed by atoms with Gasteiger partial charge in [-0.1, -0.05) is 6.07 Å². The molecule has 6 heteroatoms. The molecule has 4 nitrogen and oxygen atoms in total. The van der Waals surface area contributed by atoms with Crippen LogP contribution in [0.5, 0.6) is 5.75 Å². The SMILES string of the molecule is CC1(C)OB(c2cc(F)ccc2OCc2ccccn2)OC1(C)C. The molecule has 2 heterocycles. The molecule has 0 unspecified atom stereocenters. The van der Waals surface area contributed by atoms with E-state index < -0.39 is 18.3 Å². The van der Waals surface area contributed by atoms with E-state index in [2.05, 4.69) is 4.98 Å². The molecule has 126 valence electrons. The molecule has 1 aliphatic heterocycles. The number of benzene rings is 1. The van der Waals surface area contributed by atoms with Crippen LogP contribution in [0.1, 0.15) is 33.4 Å². The van der Waals surface area contributed by atoms with E-state index in [9.17, 15) is 4.39 Å². The molecule has 0 N–H and O–H groups in total. The van der Waals surface area contributed by atoms with Gasteiger partial charge in [-0.3, -0.25) is 4.98 Å². The van der Waals surface area contributed by atoms with Gasteiger partial charge in [-0.25, -0.2) is 4.39 Å². The van der Waals surface area contributed by atoms with E-state index in [0.717, 1.165) is 5.69 Å². The van der Waals surface area contributed by atoms with Crippen molar-refractivity contribution in [2.24, 2.45) is 0 Å². The lowest BCUT2D eigenvalue weighted by molar-refractivity contribution is 0.00578. The van der Waals surface area contributed by atoms with Crippen molar-refractivity contribution in [3.05, 3.63) is 54.1 Å². The third kappa shape index (κ3) is 3.30. The van der Waals surface area contributed by atoms with Crippen molar-refractivity contribution in [3.8, 4) is 5.75 Å². The molecule has 24 heavy (non-hydrogen) atoms. The summed E-state index contributed by atoms with van der Waals surface area (Å²) in [5, 5.41) is 0.